The predicted octanol–water partition coefficient (Wildman–Crippen LogP) is 3.68. The molecular formula is C20H20O7. The molecule has 2 aromatic carbocycles. The maximum atomic E-state index is 12.5. The first-order chi connectivity index (χ1) is 13.0. The van der Waals surface area contributed by atoms with Crippen molar-refractivity contribution in [3.63, 3.8) is 0 Å². The molecule has 27 heavy (non-hydrogen) atoms. The van der Waals surface area contributed by atoms with Gasteiger partial charge in [0.15, 0.2) is 11.5 Å². The van der Waals surface area contributed by atoms with Crippen molar-refractivity contribution >= 4 is 27.7 Å². The molecule has 0 bridgehead atoms. The van der Waals surface area contributed by atoms with Gasteiger partial charge in [0.2, 0.25) is 5.75 Å². The van der Waals surface area contributed by atoms with Gasteiger partial charge in [0.05, 0.1) is 26.7 Å². The first kappa shape index (κ1) is 18.6. The smallest absolute Gasteiger partial charge is 0.344 e. The first-order valence-corrected chi connectivity index (χ1v) is 8.44. The Morgan fingerprint density at radius 3 is 2.37 bits per heavy atom. The SMILES string of the molecule is CCCC(=O)Oc1ccc2c(c1)oc(=O)c1cc(OC)c(OC)c(OC)c12. The van der Waals surface area contributed by atoms with Gasteiger partial charge in [-0.05, 0) is 24.6 Å². The Labute approximate surface area is 155 Å². The molecular weight excluding hydrogens is 352 g/mol. The summed E-state index contributed by atoms with van der Waals surface area (Å²) in [6.45, 7) is 1.89. The van der Waals surface area contributed by atoms with E-state index in [4.69, 9.17) is 23.4 Å². The number of benzene rings is 2. The minimum absolute atomic E-state index is 0.278. The normalized spacial score (nSPS) is 10.8. The largest absolute Gasteiger partial charge is 0.493 e. The summed E-state index contributed by atoms with van der Waals surface area (Å²) in [5.74, 6) is 1.06. The van der Waals surface area contributed by atoms with Gasteiger partial charge in [-0.2, -0.15) is 0 Å². The fraction of sp³-hybridized carbons (Fsp3) is 0.300. The molecule has 0 N–H and O–H groups in total. The van der Waals surface area contributed by atoms with Gasteiger partial charge >= 0.3 is 11.6 Å². The molecule has 0 radical (unpaired) electrons. The second kappa shape index (κ2) is 7.57. The van der Waals surface area contributed by atoms with Crippen LogP contribution in [0.2, 0.25) is 0 Å². The topological polar surface area (TPSA) is 84.2 Å². The van der Waals surface area contributed by atoms with Crippen LogP contribution < -0.4 is 24.6 Å². The molecule has 0 saturated carbocycles. The summed E-state index contributed by atoms with van der Waals surface area (Å²) in [6, 6.07) is 6.42. The van der Waals surface area contributed by atoms with Crippen molar-refractivity contribution in [3.05, 3.63) is 34.7 Å². The highest BCUT2D eigenvalue weighted by Gasteiger charge is 2.21. The third kappa shape index (κ3) is 3.28. The maximum absolute atomic E-state index is 12.5. The molecule has 7 heteroatoms. The van der Waals surface area contributed by atoms with Gasteiger partial charge in [0, 0.05) is 23.3 Å². The number of hydrogen-bond donors (Lipinski definition) is 0. The molecule has 0 unspecified atom stereocenters. The van der Waals surface area contributed by atoms with Gasteiger partial charge in [-0.15, -0.1) is 0 Å². The van der Waals surface area contributed by atoms with E-state index >= 15 is 0 Å². The fourth-order valence-electron chi connectivity index (χ4n) is 2.98. The Hall–Kier alpha value is -3.22. The van der Waals surface area contributed by atoms with Gasteiger partial charge in [0.1, 0.15) is 11.3 Å². The third-order valence-corrected chi connectivity index (χ3v) is 4.16. The second-order valence-electron chi connectivity index (χ2n) is 5.84. The maximum Gasteiger partial charge on any atom is 0.344 e. The number of methoxy groups -OCH3 is 3. The van der Waals surface area contributed by atoms with Gasteiger partial charge < -0.3 is 23.4 Å². The van der Waals surface area contributed by atoms with E-state index < -0.39 is 5.63 Å². The van der Waals surface area contributed by atoms with Crippen LogP contribution in [0.25, 0.3) is 21.7 Å². The molecule has 0 fully saturated rings. The van der Waals surface area contributed by atoms with Crippen LogP contribution in [0.3, 0.4) is 0 Å². The molecule has 7 nitrogen and oxygen atoms in total. The lowest BCUT2D eigenvalue weighted by atomic mass is 10.0. The van der Waals surface area contributed by atoms with E-state index in [1.807, 2.05) is 6.92 Å². The van der Waals surface area contributed by atoms with Crippen LogP contribution in [-0.2, 0) is 4.79 Å². The summed E-state index contributed by atoms with van der Waals surface area (Å²) < 4.78 is 26.9. The Bertz CT molecular complexity index is 1070. The Morgan fingerprint density at radius 2 is 1.74 bits per heavy atom. The van der Waals surface area contributed by atoms with Crippen LogP contribution in [0, 0.1) is 0 Å². The van der Waals surface area contributed by atoms with Crippen molar-refractivity contribution in [3.8, 4) is 23.0 Å². The van der Waals surface area contributed by atoms with Crippen LogP contribution in [0.15, 0.2) is 33.5 Å². The predicted molar refractivity (Wildman–Crippen MR) is 100 cm³/mol. The number of carbonyl (C=O) groups excluding carboxylic acids is 1. The molecule has 0 amide bonds. The minimum atomic E-state index is -0.561. The lowest BCUT2D eigenvalue weighted by Crippen LogP contribution is -2.07. The number of carbonyl (C=O) groups is 1. The average molecular weight is 372 g/mol. The van der Waals surface area contributed by atoms with E-state index in [2.05, 4.69) is 0 Å². The molecule has 0 aliphatic carbocycles. The Kier molecular flexibility index (Phi) is 5.21. The van der Waals surface area contributed by atoms with Gasteiger partial charge in [-0.3, -0.25) is 4.79 Å². The van der Waals surface area contributed by atoms with Gasteiger partial charge in [-0.25, -0.2) is 4.79 Å². The van der Waals surface area contributed by atoms with Crippen LogP contribution in [0.4, 0.5) is 0 Å². The summed E-state index contributed by atoms with van der Waals surface area (Å²) in [6.07, 6.45) is 0.996. The lowest BCUT2D eigenvalue weighted by Gasteiger charge is -2.15. The van der Waals surface area contributed by atoms with Crippen LogP contribution in [-0.4, -0.2) is 27.3 Å². The second-order valence-corrected chi connectivity index (χ2v) is 5.84. The summed E-state index contributed by atoms with van der Waals surface area (Å²) >= 11 is 0. The summed E-state index contributed by atoms with van der Waals surface area (Å²) in [4.78, 5) is 24.3. The van der Waals surface area contributed by atoms with E-state index in [1.165, 1.54) is 27.4 Å². The fourth-order valence-corrected chi connectivity index (χ4v) is 2.98. The molecule has 1 aromatic heterocycles. The zero-order valence-corrected chi connectivity index (χ0v) is 15.6. The lowest BCUT2D eigenvalue weighted by molar-refractivity contribution is -0.134. The number of hydrogen-bond acceptors (Lipinski definition) is 7. The number of rotatable bonds is 6. The van der Waals surface area contributed by atoms with E-state index in [0.717, 1.165) is 0 Å². The third-order valence-electron chi connectivity index (χ3n) is 4.16. The van der Waals surface area contributed by atoms with E-state index in [0.29, 0.717) is 52.0 Å². The highest BCUT2D eigenvalue weighted by molar-refractivity contribution is 6.10. The molecule has 0 aliphatic heterocycles. The molecule has 0 saturated heterocycles. The van der Waals surface area contributed by atoms with E-state index in [9.17, 15) is 9.59 Å². The van der Waals surface area contributed by atoms with Crippen LogP contribution >= 0.6 is 0 Å². The quantitative estimate of drug-likeness (QED) is 0.282. The monoisotopic (exact) mass is 372 g/mol. The average Bonchev–Trinajstić information content (AvgIpc) is 2.66. The van der Waals surface area contributed by atoms with Gasteiger partial charge in [0.25, 0.3) is 0 Å². The molecule has 0 spiro atoms. The number of esters is 1. The van der Waals surface area contributed by atoms with Crippen molar-refractivity contribution in [1.82, 2.24) is 0 Å². The highest BCUT2D eigenvalue weighted by atomic mass is 16.5. The van der Waals surface area contributed by atoms with Crippen LogP contribution in [0.1, 0.15) is 19.8 Å². The first-order valence-electron chi connectivity index (χ1n) is 8.44. The molecule has 0 atom stereocenters. The van der Waals surface area contributed by atoms with E-state index in [-0.39, 0.29) is 11.6 Å². The minimum Gasteiger partial charge on any atom is -0.493 e. The number of ether oxygens (including phenoxy) is 4. The highest BCUT2D eigenvalue weighted by Crippen LogP contribution is 2.45. The molecule has 142 valence electrons. The molecule has 1 heterocycles. The Balaban J connectivity index is 2.29. The van der Waals surface area contributed by atoms with Crippen molar-refractivity contribution in [1.29, 1.82) is 0 Å². The molecule has 3 rings (SSSR count). The van der Waals surface area contributed by atoms with Crippen molar-refractivity contribution in [2.24, 2.45) is 0 Å². The number of fused-ring (bicyclic) bond motifs is 3. The van der Waals surface area contributed by atoms with E-state index in [1.54, 1.807) is 18.2 Å². The standard InChI is InChI=1S/C20H20O7/c1-5-6-16(21)26-11-7-8-12-14(9-11)27-20(22)13-10-15(23-2)18(24-3)19(25-4)17(12)13/h7-10H,5-6H2,1-4H3. The van der Waals surface area contributed by atoms with Crippen molar-refractivity contribution in [2.45, 2.75) is 19.8 Å². The summed E-state index contributed by atoms with van der Waals surface area (Å²) in [5, 5.41) is 1.46. The zero-order chi connectivity index (χ0) is 19.6. The van der Waals surface area contributed by atoms with Crippen molar-refractivity contribution in [2.75, 3.05) is 21.3 Å². The van der Waals surface area contributed by atoms with Crippen molar-refractivity contribution < 1.29 is 28.2 Å². The zero-order valence-electron chi connectivity index (χ0n) is 15.6. The summed E-state index contributed by atoms with van der Waals surface area (Å²) in [7, 11) is 4.45. The Morgan fingerprint density at radius 1 is 1.00 bits per heavy atom. The molecule has 0 aliphatic rings. The molecule has 3 aromatic rings. The van der Waals surface area contributed by atoms with Crippen LogP contribution in [0.5, 0.6) is 23.0 Å². The summed E-state index contributed by atoms with van der Waals surface area (Å²) in [5.41, 5.74) is -0.284. The van der Waals surface area contributed by atoms with Gasteiger partial charge in [-0.1, -0.05) is 6.92 Å².